The first-order valence-corrected chi connectivity index (χ1v) is 1.67. The maximum absolute atomic E-state index is 8.00. The number of aliphatic hydroxyl groups is 1. The standard InChI is InChI=1S/C3H9NO.2No/c1-4-2-3-5;;/h4-5H,2-3H2,1H3;;. The zero-order valence-electron chi connectivity index (χ0n) is 3.90. The molecule has 4 heteroatoms. The van der Waals surface area contributed by atoms with Crippen molar-refractivity contribution in [3.63, 3.8) is 0 Å². The van der Waals surface area contributed by atoms with Crippen molar-refractivity contribution in [2.45, 2.75) is 0 Å². The molecule has 0 atom stereocenters. The van der Waals surface area contributed by atoms with E-state index >= 15 is 0 Å². The Morgan fingerprint density at radius 1 is 1.43 bits per heavy atom. The first-order chi connectivity index (χ1) is 2.41. The van der Waals surface area contributed by atoms with Gasteiger partial charge < -0.3 is 10.4 Å². The van der Waals surface area contributed by atoms with E-state index in [0.29, 0.717) is 6.54 Å². The summed E-state index contributed by atoms with van der Waals surface area (Å²) in [5, 5.41) is 10.8. The molecular formula is C3H9NNo2O. The maximum atomic E-state index is 8.00. The zero-order chi connectivity index (χ0) is 4.12. The molecule has 0 radical (unpaired) electrons. The second-order valence-electron chi connectivity index (χ2n) is 0.827. The van der Waals surface area contributed by atoms with Gasteiger partial charge in [-0.3, -0.25) is 0 Å². The predicted molar refractivity (Wildman–Crippen MR) is 21.0 cm³/mol. The Hall–Kier alpha value is -2.08. The van der Waals surface area contributed by atoms with Gasteiger partial charge in [-0.25, -0.2) is 0 Å². The molecule has 0 amide bonds. The first-order valence-electron chi connectivity index (χ1n) is 1.67. The summed E-state index contributed by atoms with van der Waals surface area (Å²) in [6, 6.07) is 0. The van der Waals surface area contributed by atoms with E-state index in [2.05, 4.69) is 5.32 Å². The number of aliphatic hydroxyl groups excluding tert-OH is 1. The second-order valence-corrected chi connectivity index (χ2v) is 0.827. The molecule has 0 fully saturated rings. The Balaban J connectivity index is -0.0000000800. The van der Waals surface area contributed by atoms with Crippen molar-refractivity contribution in [2.75, 3.05) is 20.2 Å². The van der Waals surface area contributed by atoms with E-state index in [-0.39, 0.29) is 6.61 Å². The average Bonchev–Trinajstić information content (AvgIpc) is 1.41. The van der Waals surface area contributed by atoms with Gasteiger partial charge in [0.15, 0.2) is 0 Å². The van der Waals surface area contributed by atoms with Crippen LogP contribution in [0.15, 0.2) is 0 Å². The summed E-state index contributed by atoms with van der Waals surface area (Å²) in [4.78, 5) is 0. The molecule has 0 bridgehead atoms. The summed E-state index contributed by atoms with van der Waals surface area (Å²) in [5.41, 5.74) is 0. The number of hydrogen-bond acceptors (Lipinski definition) is 2. The molecule has 0 rings (SSSR count). The SMILES string of the molecule is CNCCO.[No].[No]. The Bertz CT molecular complexity index is 20.4. The van der Waals surface area contributed by atoms with Crippen LogP contribution >= 0.6 is 0 Å². The monoisotopic (exact) mass is 593 g/mol. The topological polar surface area (TPSA) is 32.3 Å². The van der Waals surface area contributed by atoms with Crippen LogP contribution < -0.4 is 5.32 Å². The second kappa shape index (κ2) is 39.5. The number of likely N-dealkylation sites (N-methyl/N-ethyl adjacent to an activating group) is 1. The van der Waals surface area contributed by atoms with Crippen LogP contribution in [0, 0.1) is 0 Å². The van der Waals surface area contributed by atoms with Crippen molar-refractivity contribution in [1.82, 2.24) is 5.32 Å². The van der Waals surface area contributed by atoms with Gasteiger partial charge in [-0.2, -0.15) is 0 Å². The molecule has 0 saturated carbocycles. The molecule has 0 aliphatic heterocycles. The molecule has 7 heavy (non-hydrogen) atoms. The van der Waals surface area contributed by atoms with E-state index in [4.69, 9.17) is 5.11 Å². The van der Waals surface area contributed by atoms with Crippen LogP contribution in [0.4, 0.5) is 0 Å². The molecule has 0 aromatic rings. The molecule has 0 saturated heterocycles. The first kappa shape index (κ1) is 20.5. The Morgan fingerprint density at radius 2 is 1.86 bits per heavy atom. The van der Waals surface area contributed by atoms with Crippen molar-refractivity contribution >= 4 is 0 Å². The number of hydrogen-bond donors (Lipinski definition) is 2. The minimum absolute atomic E-state index is 0. The molecule has 0 aromatic carbocycles. The third-order valence-corrected chi connectivity index (χ3v) is 0.362. The number of rotatable bonds is 2. The van der Waals surface area contributed by atoms with Crippen molar-refractivity contribution in [3.05, 3.63) is 0 Å². The molecule has 0 aromatic heterocycles. The summed E-state index contributed by atoms with van der Waals surface area (Å²) < 4.78 is 0. The minimum atomic E-state index is 0. The van der Waals surface area contributed by atoms with Gasteiger partial charge in [0.25, 0.3) is 0 Å². The van der Waals surface area contributed by atoms with Gasteiger partial charge in [-0.15, -0.1) is 0 Å². The zero-order valence-corrected chi connectivity index (χ0v) is 8.35. The molecule has 0 spiro atoms. The Labute approximate surface area is 31.8 Å². The van der Waals surface area contributed by atoms with E-state index in [1.807, 2.05) is 0 Å². The maximum Gasteiger partial charge on any atom is 0.0555 e. The fourth-order valence-corrected chi connectivity index (χ4v) is 0.112. The van der Waals surface area contributed by atoms with Crippen LogP contribution in [0.3, 0.4) is 0 Å². The fraction of sp³-hybridized carbons (Fsp3) is 1.00. The van der Waals surface area contributed by atoms with Crippen LogP contribution in [0.25, 0.3) is 0 Å². The van der Waals surface area contributed by atoms with Gasteiger partial charge in [0.2, 0.25) is 0 Å². The Kier molecular flexibility index (Phi) is 116. The third kappa shape index (κ3) is 2260. The quantitative estimate of drug-likeness (QED) is 0.440. The largest absolute Gasteiger partial charge is 0.395 e. The van der Waals surface area contributed by atoms with E-state index in [0.717, 1.165) is 0 Å². The number of nitrogens with one attached hydrogen (secondary N) is 1. The van der Waals surface area contributed by atoms with E-state index in [1.54, 1.807) is 7.05 Å². The van der Waals surface area contributed by atoms with Crippen LogP contribution in [-0.2, 0) is 0 Å². The molecule has 0 unspecified atom stereocenters. The minimum Gasteiger partial charge on any atom is -0.395 e. The predicted octanol–water partition coefficient (Wildman–Crippen LogP) is -0.802. The smallest absolute Gasteiger partial charge is 0.0555 e. The molecule has 60 valence electrons. The van der Waals surface area contributed by atoms with Gasteiger partial charge >= 0.3 is 0 Å². The molecule has 0 heterocycles. The average molecular weight is 593 g/mol. The van der Waals surface area contributed by atoms with Gasteiger partial charge in [-0.1, -0.05) is 0 Å². The van der Waals surface area contributed by atoms with Crippen molar-refractivity contribution < 1.29 is 5.11 Å². The van der Waals surface area contributed by atoms with Crippen molar-refractivity contribution in [1.29, 1.82) is 0 Å². The molecule has 0 aliphatic rings. The van der Waals surface area contributed by atoms with Gasteiger partial charge in [0, 0.05) is 6.54 Å². The van der Waals surface area contributed by atoms with Gasteiger partial charge in [0.1, 0.15) is 0 Å². The summed E-state index contributed by atoms with van der Waals surface area (Å²) in [6.07, 6.45) is 0. The molecule has 2 nitrogen and oxygen atoms in total. The molecule has 2 N–H and O–H groups in total. The van der Waals surface area contributed by atoms with Gasteiger partial charge in [0.05, 0.1) is 6.61 Å². The van der Waals surface area contributed by atoms with Crippen LogP contribution in [0.2, 0.25) is 0 Å². The van der Waals surface area contributed by atoms with Crippen molar-refractivity contribution in [3.8, 4) is 0 Å². The third-order valence-electron chi connectivity index (χ3n) is 0.362. The van der Waals surface area contributed by atoms with Crippen LogP contribution in [0.1, 0.15) is 0 Å². The summed E-state index contributed by atoms with van der Waals surface area (Å²) >= 11 is 0. The normalized spacial score (nSPS) is 6.00. The fourth-order valence-electron chi connectivity index (χ4n) is 0.112. The van der Waals surface area contributed by atoms with Crippen molar-refractivity contribution in [2.24, 2.45) is 0 Å². The van der Waals surface area contributed by atoms with Gasteiger partial charge in [-0.05, 0) is 7.05 Å². The van der Waals surface area contributed by atoms with E-state index in [9.17, 15) is 0 Å². The van der Waals surface area contributed by atoms with E-state index in [1.165, 1.54) is 0 Å². The van der Waals surface area contributed by atoms with E-state index < -0.39 is 0 Å². The molecule has 0 aliphatic carbocycles. The van der Waals surface area contributed by atoms with Crippen LogP contribution in [0.5, 0.6) is 0 Å². The summed E-state index contributed by atoms with van der Waals surface area (Å²) in [5.74, 6) is 0. The Morgan fingerprint density at radius 3 is 1.86 bits per heavy atom. The molecular weight excluding hydrogens is 584 g/mol. The summed E-state index contributed by atoms with van der Waals surface area (Å²) in [7, 11) is 1.80. The van der Waals surface area contributed by atoms with Crippen LogP contribution in [-0.4, -0.2) is 25.3 Å². The summed E-state index contributed by atoms with van der Waals surface area (Å²) in [6.45, 7) is 0.927.